The standard InChI is InChI=1S/C46H43N5O5/c1-23(2)9-6-10-25(5)19-36(52)48-33-21-26-15-18-34-32(20-26)46-31-14-8-13-29(39(31)51-45(46)55-34)28-12-7-11-27-16-17-30(37(27)28)35-22-47-43(54-35)40-41(46)56-44(50-40)38(24(3)4)49-42(33)53/h7-9,11-15,17-20,22,24,33,38,45,51H,6,10,16,21H2,1-5H3,(H,48,52)(H,49,53)/b25-19+/t33?,38-,45-,46?/m0/s1. The quantitative estimate of drug-likeness (QED) is 0.117. The van der Waals surface area contributed by atoms with E-state index in [9.17, 15) is 9.59 Å². The molecule has 10 heteroatoms. The molecule has 1 aliphatic carbocycles. The molecule has 2 aromatic heterocycles. The Morgan fingerprint density at radius 1 is 1.04 bits per heavy atom. The molecule has 10 bridgehead atoms. The van der Waals surface area contributed by atoms with Crippen molar-refractivity contribution in [3.05, 3.63) is 135 Å². The molecule has 6 heterocycles. The van der Waals surface area contributed by atoms with Gasteiger partial charge in [-0.2, -0.15) is 0 Å². The van der Waals surface area contributed by atoms with E-state index in [1.165, 1.54) is 11.1 Å². The third-order valence-corrected chi connectivity index (χ3v) is 11.9. The highest BCUT2D eigenvalue weighted by Crippen LogP contribution is 2.61. The third-order valence-electron chi connectivity index (χ3n) is 11.9. The van der Waals surface area contributed by atoms with E-state index in [0.29, 0.717) is 34.7 Å². The molecule has 0 saturated heterocycles. The van der Waals surface area contributed by atoms with Gasteiger partial charge in [0.2, 0.25) is 23.6 Å². The maximum Gasteiger partial charge on any atom is 0.249 e. The minimum atomic E-state index is -1.02. The number of oxazole rings is 2. The average Bonchev–Trinajstić information content (AvgIpc) is 3.99. The molecule has 0 radical (unpaired) electrons. The number of hydrogen-bond acceptors (Lipinski definition) is 8. The zero-order chi connectivity index (χ0) is 38.5. The number of fused-ring (bicyclic) bond motifs is 7. The largest absolute Gasteiger partial charge is 0.469 e. The molecule has 5 aliphatic rings. The zero-order valence-corrected chi connectivity index (χ0v) is 32.1. The Morgan fingerprint density at radius 2 is 1.88 bits per heavy atom. The van der Waals surface area contributed by atoms with Crippen LogP contribution in [0, 0.1) is 5.92 Å². The van der Waals surface area contributed by atoms with Gasteiger partial charge in [0.05, 0.1) is 6.20 Å². The number of carbonyl (C=O) groups excluding carboxylic acids is 2. The van der Waals surface area contributed by atoms with Crippen molar-refractivity contribution in [2.45, 2.75) is 84.0 Å². The molecule has 282 valence electrons. The van der Waals surface area contributed by atoms with Crippen LogP contribution < -0.4 is 20.7 Å². The predicted octanol–water partition coefficient (Wildman–Crippen LogP) is 8.32. The minimum absolute atomic E-state index is 0.129. The van der Waals surface area contributed by atoms with Crippen molar-refractivity contribution in [2.75, 3.05) is 5.32 Å². The summed E-state index contributed by atoms with van der Waals surface area (Å²) < 4.78 is 20.6. The Labute approximate surface area is 325 Å². The normalized spacial score (nSPS) is 22.1. The lowest BCUT2D eigenvalue weighted by Crippen LogP contribution is -2.49. The van der Waals surface area contributed by atoms with Crippen LogP contribution in [0.2, 0.25) is 0 Å². The smallest absolute Gasteiger partial charge is 0.249 e. The summed E-state index contributed by atoms with van der Waals surface area (Å²) in [6, 6.07) is 17.3. The van der Waals surface area contributed by atoms with Crippen LogP contribution in [0.25, 0.3) is 28.3 Å². The monoisotopic (exact) mass is 745 g/mol. The Hall–Kier alpha value is -6.16. The number of para-hydroxylation sites is 1. The number of rotatable bonds is 6. The summed E-state index contributed by atoms with van der Waals surface area (Å²) in [6.07, 6.45) is 9.76. The van der Waals surface area contributed by atoms with Crippen molar-refractivity contribution < 1.29 is 23.2 Å². The summed E-state index contributed by atoms with van der Waals surface area (Å²) >= 11 is 0. The number of aromatic nitrogens is 2. The number of amides is 2. The molecule has 0 saturated carbocycles. The summed E-state index contributed by atoms with van der Waals surface area (Å²) in [5.41, 5.74) is 10.7. The first-order valence-electron chi connectivity index (χ1n) is 19.5. The highest BCUT2D eigenvalue weighted by atomic mass is 16.5. The first kappa shape index (κ1) is 34.3. The lowest BCUT2D eigenvalue weighted by atomic mass is 9.72. The van der Waals surface area contributed by atoms with E-state index in [1.807, 2.05) is 32.9 Å². The van der Waals surface area contributed by atoms with Crippen molar-refractivity contribution in [3.63, 3.8) is 0 Å². The van der Waals surface area contributed by atoms with Gasteiger partial charge in [0.15, 0.2) is 23.4 Å². The molecule has 4 aliphatic heterocycles. The number of carbonyl (C=O) groups is 2. The number of benzene rings is 3. The van der Waals surface area contributed by atoms with Crippen molar-refractivity contribution in [1.82, 2.24) is 20.6 Å². The van der Waals surface area contributed by atoms with Gasteiger partial charge < -0.3 is 29.5 Å². The van der Waals surface area contributed by atoms with Crippen LogP contribution in [-0.2, 0) is 27.8 Å². The predicted molar refractivity (Wildman–Crippen MR) is 213 cm³/mol. The van der Waals surface area contributed by atoms with Crippen LogP contribution in [0.15, 0.2) is 99.0 Å². The summed E-state index contributed by atoms with van der Waals surface area (Å²) in [7, 11) is 0. The van der Waals surface area contributed by atoms with Gasteiger partial charge in [-0.25, -0.2) is 9.97 Å². The van der Waals surface area contributed by atoms with Crippen molar-refractivity contribution in [3.8, 4) is 28.5 Å². The molecule has 10 rings (SSSR count). The van der Waals surface area contributed by atoms with Gasteiger partial charge in [-0.1, -0.05) is 85.7 Å². The number of ether oxygens (including phenoxy) is 1. The number of nitrogens with zero attached hydrogens (tertiary/aromatic N) is 2. The van der Waals surface area contributed by atoms with Crippen LogP contribution in [0.1, 0.15) is 98.7 Å². The first-order chi connectivity index (χ1) is 27.1. The number of hydrogen-bond donors (Lipinski definition) is 3. The third kappa shape index (κ3) is 5.14. The summed E-state index contributed by atoms with van der Waals surface area (Å²) in [5, 5.41) is 10.1. The maximum absolute atomic E-state index is 14.3. The average molecular weight is 746 g/mol. The number of allylic oxidation sites excluding steroid dienone is 4. The van der Waals surface area contributed by atoms with Gasteiger partial charge in [0.1, 0.15) is 23.2 Å². The first-order valence-corrected chi connectivity index (χ1v) is 19.5. The van der Waals surface area contributed by atoms with Crippen LogP contribution >= 0.6 is 0 Å². The fraction of sp³-hybridized carbons (Fsp3) is 0.304. The molecule has 2 unspecified atom stereocenters. The van der Waals surface area contributed by atoms with Crippen molar-refractivity contribution >= 4 is 23.1 Å². The highest BCUT2D eigenvalue weighted by molar-refractivity contribution is 5.97. The van der Waals surface area contributed by atoms with Crippen LogP contribution in [-0.4, -0.2) is 34.1 Å². The van der Waals surface area contributed by atoms with E-state index < -0.39 is 23.7 Å². The van der Waals surface area contributed by atoms with Crippen LogP contribution in [0.5, 0.6) is 5.75 Å². The van der Waals surface area contributed by atoms with E-state index in [1.54, 1.807) is 12.3 Å². The van der Waals surface area contributed by atoms with Gasteiger partial charge in [-0.3, -0.25) is 9.59 Å². The molecule has 0 fully saturated rings. The SMILES string of the molecule is CC(C)=CCC/C(C)=C/C(=O)NC1Cc2ccc3c(c2)C24c5cccc(c5N[C@H]2O3)-c2cccc3c2C(=CC3)c2cnc(o2)-c2nc(oc24)[C@H](C(C)C)NC1=O. The summed E-state index contributed by atoms with van der Waals surface area (Å²) in [4.78, 5) is 37.9. The van der Waals surface area contributed by atoms with Gasteiger partial charge >= 0.3 is 0 Å². The van der Waals surface area contributed by atoms with Gasteiger partial charge in [-0.15, -0.1) is 0 Å². The second-order valence-corrected chi connectivity index (χ2v) is 16.2. The molecular weight excluding hydrogens is 703 g/mol. The molecule has 4 atom stereocenters. The fourth-order valence-corrected chi connectivity index (χ4v) is 9.20. The maximum atomic E-state index is 14.3. The van der Waals surface area contributed by atoms with Gasteiger partial charge in [0.25, 0.3) is 0 Å². The van der Waals surface area contributed by atoms with E-state index in [0.717, 1.165) is 69.5 Å². The Bertz CT molecular complexity index is 2580. The molecular formula is C46H43N5O5. The van der Waals surface area contributed by atoms with Gasteiger partial charge in [0, 0.05) is 40.4 Å². The second-order valence-electron chi connectivity index (χ2n) is 16.2. The Kier molecular flexibility index (Phi) is 7.78. The molecule has 10 nitrogen and oxygen atoms in total. The van der Waals surface area contributed by atoms with Crippen LogP contribution in [0.3, 0.4) is 0 Å². The van der Waals surface area contributed by atoms with Gasteiger partial charge in [-0.05, 0) is 74.3 Å². The number of anilines is 1. The molecule has 1 spiro atoms. The topological polar surface area (TPSA) is 132 Å². The molecule has 3 aromatic carbocycles. The fourth-order valence-electron chi connectivity index (χ4n) is 9.20. The molecule has 3 N–H and O–H groups in total. The summed E-state index contributed by atoms with van der Waals surface area (Å²) in [6.45, 7) is 10.1. The molecule has 2 amide bonds. The lowest BCUT2D eigenvalue weighted by Gasteiger charge is -2.28. The Balaban J connectivity index is 1.18. The lowest BCUT2D eigenvalue weighted by molar-refractivity contribution is -0.128. The zero-order valence-electron chi connectivity index (χ0n) is 32.1. The van der Waals surface area contributed by atoms with E-state index >= 15 is 0 Å². The Morgan fingerprint density at radius 3 is 2.71 bits per heavy atom. The molecule has 56 heavy (non-hydrogen) atoms. The molecule has 5 aromatic rings. The van der Waals surface area contributed by atoms with E-state index in [-0.39, 0.29) is 24.2 Å². The number of nitrogens with one attached hydrogen (secondary N) is 3. The van der Waals surface area contributed by atoms with E-state index in [2.05, 4.69) is 84.4 Å². The minimum Gasteiger partial charge on any atom is -0.469 e. The van der Waals surface area contributed by atoms with Crippen LogP contribution in [0.4, 0.5) is 5.69 Å². The van der Waals surface area contributed by atoms with E-state index in [4.69, 9.17) is 23.5 Å². The highest BCUT2D eigenvalue weighted by Gasteiger charge is 2.61. The summed E-state index contributed by atoms with van der Waals surface area (Å²) in [5.74, 6) is 1.73. The van der Waals surface area contributed by atoms with Crippen molar-refractivity contribution in [2.24, 2.45) is 5.92 Å². The second kappa shape index (κ2) is 12.7. The van der Waals surface area contributed by atoms with Crippen molar-refractivity contribution in [1.29, 1.82) is 0 Å².